The molecule has 1 aliphatic heterocycles. The van der Waals surface area contributed by atoms with Crippen molar-refractivity contribution in [2.24, 2.45) is 10.9 Å². The van der Waals surface area contributed by atoms with Crippen molar-refractivity contribution in [2.75, 3.05) is 53.6 Å². The van der Waals surface area contributed by atoms with E-state index < -0.39 is 0 Å². The van der Waals surface area contributed by atoms with Crippen molar-refractivity contribution in [3.63, 3.8) is 0 Å². The van der Waals surface area contributed by atoms with Crippen molar-refractivity contribution in [2.45, 2.75) is 19.5 Å². The zero-order valence-electron chi connectivity index (χ0n) is 18.3. The number of morpholine rings is 1. The van der Waals surface area contributed by atoms with Gasteiger partial charge in [-0.1, -0.05) is 19.1 Å². The van der Waals surface area contributed by atoms with Crippen LogP contribution in [0.15, 0.2) is 47.7 Å². The van der Waals surface area contributed by atoms with Crippen molar-refractivity contribution in [3.8, 4) is 5.75 Å². The summed E-state index contributed by atoms with van der Waals surface area (Å²) in [5.41, 5.74) is 1.26. The van der Waals surface area contributed by atoms with Crippen LogP contribution in [0.1, 0.15) is 18.5 Å². The van der Waals surface area contributed by atoms with Gasteiger partial charge < -0.3 is 20.1 Å². The minimum Gasteiger partial charge on any atom is -0.497 e. The molecule has 164 valence electrons. The van der Waals surface area contributed by atoms with E-state index in [0.29, 0.717) is 5.92 Å². The lowest BCUT2D eigenvalue weighted by Crippen LogP contribution is -2.47. The molecule has 8 nitrogen and oxygen atoms in total. The number of rotatable bonds is 9. The highest BCUT2D eigenvalue weighted by molar-refractivity contribution is 5.79. The maximum atomic E-state index is 5.55. The molecule has 0 amide bonds. The molecule has 0 radical (unpaired) electrons. The molecule has 2 atom stereocenters. The van der Waals surface area contributed by atoms with Crippen molar-refractivity contribution >= 4 is 5.96 Å². The highest BCUT2D eigenvalue weighted by Gasteiger charge is 2.23. The zero-order chi connectivity index (χ0) is 21.2. The summed E-state index contributed by atoms with van der Waals surface area (Å²) in [4.78, 5) is 6.87. The summed E-state index contributed by atoms with van der Waals surface area (Å²) in [6, 6.07) is 10.5. The van der Waals surface area contributed by atoms with Gasteiger partial charge in [0.05, 0.1) is 26.4 Å². The second-order valence-electron chi connectivity index (χ2n) is 7.60. The summed E-state index contributed by atoms with van der Waals surface area (Å²) in [6.45, 7) is 8.05. The number of aliphatic imine (C=N–C) groups is 1. The largest absolute Gasteiger partial charge is 0.497 e. The summed E-state index contributed by atoms with van der Waals surface area (Å²) < 4.78 is 12.8. The molecular formula is C22H34N6O2. The lowest BCUT2D eigenvalue weighted by molar-refractivity contribution is 0.0170. The molecule has 3 rings (SSSR count). The van der Waals surface area contributed by atoms with Crippen LogP contribution in [-0.2, 0) is 11.3 Å². The molecule has 2 heterocycles. The first kappa shape index (κ1) is 22.1. The molecule has 1 aromatic heterocycles. The molecule has 1 saturated heterocycles. The minimum absolute atomic E-state index is 0.236. The first-order valence-electron chi connectivity index (χ1n) is 10.6. The third kappa shape index (κ3) is 6.47. The molecule has 2 aromatic rings. The fourth-order valence-corrected chi connectivity index (χ4v) is 3.65. The fraction of sp³-hybridized carbons (Fsp3) is 0.545. The van der Waals surface area contributed by atoms with E-state index in [1.54, 1.807) is 7.11 Å². The van der Waals surface area contributed by atoms with Gasteiger partial charge in [-0.2, -0.15) is 5.10 Å². The quantitative estimate of drug-likeness (QED) is 0.481. The van der Waals surface area contributed by atoms with Crippen LogP contribution in [-0.4, -0.2) is 74.2 Å². The van der Waals surface area contributed by atoms with Gasteiger partial charge in [0.15, 0.2) is 5.96 Å². The molecule has 8 heteroatoms. The van der Waals surface area contributed by atoms with E-state index in [1.807, 2.05) is 42.3 Å². The van der Waals surface area contributed by atoms with Crippen LogP contribution in [0, 0.1) is 5.92 Å². The number of nitrogens with one attached hydrogen (secondary N) is 2. The minimum atomic E-state index is 0.236. The van der Waals surface area contributed by atoms with Crippen LogP contribution in [0.25, 0.3) is 0 Å². The van der Waals surface area contributed by atoms with Crippen molar-refractivity contribution in [1.82, 2.24) is 25.3 Å². The van der Waals surface area contributed by atoms with E-state index in [9.17, 15) is 0 Å². The van der Waals surface area contributed by atoms with E-state index in [1.165, 1.54) is 5.56 Å². The molecule has 0 aliphatic carbocycles. The van der Waals surface area contributed by atoms with Crippen LogP contribution in [0.3, 0.4) is 0 Å². The highest BCUT2D eigenvalue weighted by atomic mass is 16.5. The Bertz CT molecular complexity index is 756. The normalized spacial score (nSPS) is 17.4. The molecule has 0 saturated carbocycles. The van der Waals surface area contributed by atoms with Gasteiger partial charge in [0.2, 0.25) is 0 Å². The molecule has 2 unspecified atom stereocenters. The number of aromatic nitrogens is 2. The fourth-order valence-electron chi connectivity index (χ4n) is 3.65. The van der Waals surface area contributed by atoms with Gasteiger partial charge in [-0.3, -0.25) is 14.6 Å². The standard InChI is InChI=1S/C22H34N6O2/c1-18(17-28-10-4-9-26-28)15-24-22(23-2)25-16-21(27-11-13-30-14-12-27)19-5-7-20(29-3)8-6-19/h4-10,18,21H,11-17H2,1-3H3,(H2,23,24,25). The number of hydrogen-bond donors (Lipinski definition) is 2. The van der Waals surface area contributed by atoms with E-state index >= 15 is 0 Å². The Morgan fingerprint density at radius 1 is 1.20 bits per heavy atom. The van der Waals surface area contributed by atoms with E-state index in [2.05, 4.69) is 44.7 Å². The SMILES string of the molecule is CN=C(NCC(C)Cn1cccn1)NCC(c1ccc(OC)cc1)N1CCOCC1. The first-order valence-corrected chi connectivity index (χ1v) is 10.6. The molecule has 1 aromatic carbocycles. The van der Waals surface area contributed by atoms with Crippen molar-refractivity contribution in [1.29, 1.82) is 0 Å². The van der Waals surface area contributed by atoms with Crippen LogP contribution in [0.5, 0.6) is 5.75 Å². The summed E-state index contributed by atoms with van der Waals surface area (Å²) in [6.07, 6.45) is 3.80. The Morgan fingerprint density at radius 2 is 1.93 bits per heavy atom. The Kier molecular flexibility index (Phi) is 8.53. The first-order chi connectivity index (χ1) is 14.7. The van der Waals surface area contributed by atoms with E-state index in [-0.39, 0.29) is 6.04 Å². The lowest BCUT2D eigenvalue weighted by Gasteiger charge is -2.35. The summed E-state index contributed by atoms with van der Waals surface area (Å²) in [5, 5.41) is 11.2. The molecule has 2 N–H and O–H groups in total. The second-order valence-corrected chi connectivity index (χ2v) is 7.60. The van der Waals surface area contributed by atoms with Gasteiger partial charge in [-0.25, -0.2) is 0 Å². The van der Waals surface area contributed by atoms with Crippen molar-refractivity contribution < 1.29 is 9.47 Å². The third-order valence-electron chi connectivity index (χ3n) is 5.35. The van der Waals surface area contributed by atoms with Gasteiger partial charge in [-0.05, 0) is 29.7 Å². The molecule has 0 bridgehead atoms. The number of guanidine groups is 1. The van der Waals surface area contributed by atoms with E-state index in [0.717, 1.165) is 57.6 Å². The van der Waals surface area contributed by atoms with Gasteiger partial charge >= 0.3 is 0 Å². The Hall–Kier alpha value is -2.58. The molecule has 1 fully saturated rings. The summed E-state index contributed by atoms with van der Waals surface area (Å²) in [5.74, 6) is 2.12. The topological polar surface area (TPSA) is 75.9 Å². The van der Waals surface area contributed by atoms with Gasteiger partial charge in [-0.15, -0.1) is 0 Å². The predicted octanol–water partition coefficient (Wildman–Crippen LogP) is 1.77. The van der Waals surface area contributed by atoms with Crippen LogP contribution in [0.2, 0.25) is 0 Å². The van der Waals surface area contributed by atoms with Crippen LogP contribution >= 0.6 is 0 Å². The van der Waals surface area contributed by atoms with Crippen molar-refractivity contribution in [3.05, 3.63) is 48.3 Å². The van der Waals surface area contributed by atoms with Gasteiger partial charge in [0.1, 0.15) is 5.75 Å². The summed E-state index contributed by atoms with van der Waals surface area (Å²) in [7, 11) is 3.50. The Morgan fingerprint density at radius 3 is 2.57 bits per heavy atom. The third-order valence-corrected chi connectivity index (χ3v) is 5.35. The monoisotopic (exact) mass is 414 g/mol. The maximum absolute atomic E-state index is 5.55. The number of nitrogens with zero attached hydrogens (tertiary/aromatic N) is 4. The van der Waals surface area contributed by atoms with Crippen LogP contribution in [0.4, 0.5) is 0 Å². The number of hydrogen-bond acceptors (Lipinski definition) is 5. The Labute approximate surface area is 179 Å². The molecule has 0 spiro atoms. The number of methoxy groups -OCH3 is 1. The van der Waals surface area contributed by atoms with E-state index in [4.69, 9.17) is 9.47 Å². The predicted molar refractivity (Wildman–Crippen MR) is 119 cm³/mol. The average molecular weight is 415 g/mol. The van der Waals surface area contributed by atoms with Gasteiger partial charge in [0.25, 0.3) is 0 Å². The van der Waals surface area contributed by atoms with Crippen LogP contribution < -0.4 is 15.4 Å². The smallest absolute Gasteiger partial charge is 0.191 e. The molecule has 1 aliphatic rings. The Balaban J connectivity index is 1.57. The second kappa shape index (κ2) is 11.6. The average Bonchev–Trinajstić information content (AvgIpc) is 3.30. The number of benzene rings is 1. The molecular weight excluding hydrogens is 380 g/mol. The molecule has 30 heavy (non-hydrogen) atoms. The summed E-state index contributed by atoms with van der Waals surface area (Å²) >= 11 is 0. The van der Waals surface area contributed by atoms with Gasteiger partial charge in [0, 0.05) is 52.2 Å². The number of ether oxygens (including phenoxy) is 2. The zero-order valence-corrected chi connectivity index (χ0v) is 18.3. The maximum Gasteiger partial charge on any atom is 0.191 e. The lowest BCUT2D eigenvalue weighted by atomic mass is 10.0. The highest BCUT2D eigenvalue weighted by Crippen LogP contribution is 2.23.